The lowest BCUT2D eigenvalue weighted by Gasteiger charge is -2.13. The average Bonchev–Trinajstić information content (AvgIpc) is 3.23. The number of phenols is 10. The molecule has 316 valence electrons. The second-order valence-electron chi connectivity index (χ2n) is 12.8. The molecular weight excluding hydrogens is 824 g/mol. The number of ether oxygens (including phenoxy) is 5. The van der Waals surface area contributed by atoms with Crippen LogP contribution in [-0.2, 0) is 0 Å². The Labute approximate surface area is 345 Å². The van der Waals surface area contributed by atoms with Gasteiger partial charge >= 0.3 is 29.8 Å². The van der Waals surface area contributed by atoms with E-state index in [1.807, 2.05) is 0 Å². The Balaban J connectivity index is 1.20. The fourth-order valence-corrected chi connectivity index (χ4v) is 5.25. The number of hydrogen-bond donors (Lipinski definition) is 10. The van der Waals surface area contributed by atoms with Crippen LogP contribution in [0.25, 0.3) is 0 Å². The van der Waals surface area contributed by atoms with Crippen molar-refractivity contribution in [2.75, 3.05) is 0 Å². The molecule has 20 heteroatoms. The van der Waals surface area contributed by atoms with Crippen LogP contribution in [0.4, 0.5) is 0 Å². The Kier molecular flexibility index (Phi) is 11.5. The molecule has 0 bridgehead atoms. The third-order valence-corrected chi connectivity index (χ3v) is 8.52. The highest BCUT2D eigenvalue weighted by Gasteiger charge is 2.26. The maximum absolute atomic E-state index is 13.2. The van der Waals surface area contributed by atoms with Gasteiger partial charge in [0.25, 0.3) is 0 Å². The summed E-state index contributed by atoms with van der Waals surface area (Å²) < 4.78 is 25.5. The minimum absolute atomic E-state index is 0.0406. The molecule has 6 rings (SSSR count). The normalized spacial score (nSPS) is 10.7. The molecule has 10 N–H and O–H groups in total. The average molecular weight is 853 g/mol. The quantitative estimate of drug-likeness (QED) is 0.0484. The van der Waals surface area contributed by atoms with Crippen molar-refractivity contribution in [3.05, 3.63) is 124 Å². The number of hydrogen-bond acceptors (Lipinski definition) is 20. The number of aromatic hydroxyl groups is 10. The molecule has 0 heterocycles. The van der Waals surface area contributed by atoms with Crippen LogP contribution in [0.5, 0.6) is 86.2 Å². The number of phenolic OH excluding ortho intramolecular Hbond substituents is 10. The van der Waals surface area contributed by atoms with Crippen LogP contribution >= 0.6 is 0 Å². The van der Waals surface area contributed by atoms with Gasteiger partial charge in [0.2, 0.25) is 23.0 Å². The second kappa shape index (κ2) is 16.9. The van der Waals surface area contributed by atoms with E-state index < -0.39 is 133 Å². The third-order valence-electron chi connectivity index (χ3n) is 8.52. The highest BCUT2D eigenvalue weighted by molar-refractivity contribution is 5.98. The third kappa shape index (κ3) is 8.88. The summed E-state index contributed by atoms with van der Waals surface area (Å²) in [4.78, 5) is 64.9. The first-order valence-electron chi connectivity index (χ1n) is 17.2. The first-order valence-corrected chi connectivity index (χ1v) is 17.2. The Hall–Kier alpha value is -9.33. The van der Waals surface area contributed by atoms with Crippen LogP contribution in [0.3, 0.4) is 0 Å². The van der Waals surface area contributed by atoms with E-state index in [-0.39, 0.29) is 16.9 Å². The van der Waals surface area contributed by atoms with Gasteiger partial charge in [-0.1, -0.05) is 18.2 Å². The van der Waals surface area contributed by atoms with Crippen molar-refractivity contribution in [3.63, 3.8) is 0 Å². The van der Waals surface area contributed by atoms with Crippen LogP contribution in [0.15, 0.2) is 91.0 Å². The maximum Gasteiger partial charge on any atom is 0.343 e. The Bertz CT molecular complexity index is 2810. The van der Waals surface area contributed by atoms with Gasteiger partial charge in [-0.2, -0.15) is 0 Å². The molecule has 0 aliphatic rings. The zero-order chi connectivity index (χ0) is 45.2. The number of carbonyl (C=O) groups excluding carboxylic acids is 5. The van der Waals surface area contributed by atoms with Gasteiger partial charge in [-0.15, -0.1) is 0 Å². The number of benzene rings is 6. The fraction of sp³-hybridized carbons (Fsp3) is 0.0238. The lowest BCUT2D eigenvalue weighted by atomic mass is 10.1. The van der Waals surface area contributed by atoms with E-state index in [2.05, 4.69) is 0 Å². The fourth-order valence-electron chi connectivity index (χ4n) is 5.25. The summed E-state index contributed by atoms with van der Waals surface area (Å²) in [5.41, 5.74) is -2.70. The smallest absolute Gasteiger partial charge is 0.343 e. The van der Waals surface area contributed by atoms with Gasteiger partial charge in [0.05, 0.1) is 27.8 Å². The lowest BCUT2D eigenvalue weighted by Crippen LogP contribution is -2.14. The van der Waals surface area contributed by atoms with Gasteiger partial charge in [0.15, 0.2) is 46.0 Å². The Morgan fingerprint density at radius 3 is 0.871 bits per heavy atom. The molecule has 6 aromatic carbocycles. The van der Waals surface area contributed by atoms with E-state index in [1.165, 1.54) is 19.1 Å². The highest BCUT2D eigenvalue weighted by atomic mass is 16.6. The molecule has 0 amide bonds. The summed E-state index contributed by atoms with van der Waals surface area (Å²) in [6.07, 6.45) is 0. The van der Waals surface area contributed by atoms with Gasteiger partial charge in [0.1, 0.15) is 17.2 Å². The highest BCUT2D eigenvalue weighted by Crippen LogP contribution is 2.43. The van der Waals surface area contributed by atoms with Crippen molar-refractivity contribution < 1.29 is 98.7 Å². The zero-order valence-corrected chi connectivity index (χ0v) is 31.2. The molecule has 6 aromatic rings. The summed E-state index contributed by atoms with van der Waals surface area (Å²) >= 11 is 0. The van der Waals surface area contributed by atoms with Gasteiger partial charge in [0, 0.05) is 5.56 Å². The Morgan fingerprint density at radius 2 is 0.581 bits per heavy atom. The number of rotatable bonds is 10. The van der Waals surface area contributed by atoms with Crippen LogP contribution < -0.4 is 23.7 Å². The predicted molar refractivity (Wildman–Crippen MR) is 205 cm³/mol. The molecule has 0 aromatic heterocycles. The number of carbonyl (C=O) groups is 5. The molecule has 0 radical (unpaired) electrons. The lowest BCUT2D eigenvalue weighted by molar-refractivity contribution is 0.0700. The molecule has 0 fully saturated rings. The first kappa shape index (κ1) is 42.3. The predicted octanol–water partition coefficient (Wildman–Crippen LogP) is 5.15. The van der Waals surface area contributed by atoms with Gasteiger partial charge < -0.3 is 74.7 Å². The minimum Gasteiger partial charge on any atom is -0.508 e. The molecule has 20 nitrogen and oxygen atoms in total. The molecule has 0 aliphatic carbocycles. The van der Waals surface area contributed by atoms with E-state index in [4.69, 9.17) is 23.7 Å². The Morgan fingerprint density at radius 1 is 0.339 bits per heavy atom. The molecule has 0 aliphatic heterocycles. The number of esters is 5. The van der Waals surface area contributed by atoms with E-state index in [1.54, 1.807) is 18.2 Å². The summed E-state index contributed by atoms with van der Waals surface area (Å²) in [7, 11) is 0. The van der Waals surface area contributed by atoms with Gasteiger partial charge in [-0.05, 0) is 79.7 Å². The van der Waals surface area contributed by atoms with Gasteiger partial charge in [-0.25, -0.2) is 24.0 Å². The van der Waals surface area contributed by atoms with Crippen LogP contribution in [-0.4, -0.2) is 80.9 Å². The number of para-hydroxylation sites is 1. The monoisotopic (exact) mass is 852 g/mol. The first-order chi connectivity index (χ1) is 29.3. The van der Waals surface area contributed by atoms with E-state index in [0.29, 0.717) is 36.4 Å². The molecule has 0 atom stereocenters. The van der Waals surface area contributed by atoms with Crippen molar-refractivity contribution in [1.82, 2.24) is 0 Å². The molecule has 0 unspecified atom stereocenters. The van der Waals surface area contributed by atoms with Crippen molar-refractivity contribution in [1.29, 1.82) is 0 Å². The van der Waals surface area contributed by atoms with Gasteiger partial charge in [-0.3, -0.25) is 0 Å². The van der Waals surface area contributed by atoms with Crippen LogP contribution in [0.1, 0.15) is 57.4 Å². The molecule has 0 spiro atoms. The molecular formula is C42H28O20. The van der Waals surface area contributed by atoms with E-state index >= 15 is 0 Å². The van der Waals surface area contributed by atoms with Crippen molar-refractivity contribution >= 4 is 29.8 Å². The van der Waals surface area contributed by atoms with E-state index in [9.17, 15) is 75.0 Å². The van der Waals surface area contributed by atoms with Crippen LogP contribution in [0, 0.1) is 6.92 Å². The molecule has 62 heavy (non-hydrogen) atoms. The standard InChI is InChI=1S/C42H28O20/c1-17-24(43)7-18(8-25(17)44)39(54)59-31-14-20(10-27(46)35(31)50)41(56)61-33-16-22(12-29(48)37(33)52)42(57)62-32-15-21(11-28(47)36(32)51)40(55)60-30-13-19(9-26(45)34(30)49)38(53)58-23-5-3-2-4-6-23/h2-16,43-52H,1H3. The minimum atomic E-state index is -1.48. The molecule has 0 saturated heterocycles. The summed E-state index contributed by atoms with van der Waals surface area (Å²) in [5, 5.41) is 103. The maximum atomic E-state index is 13.2. The van der Waals surface area contributed by atoms with E-state index in [0.717, 1.165) is 24.3 Å². The van der Waals surface area contributed by atoms with Crippen molar-refractivity contribution in [3.8, 4) is 86.2 Å². The summed E-state index contributed by atoms with van der Waals surface area (Å²) in [6, 6.07) is 15.3. The molecule has 0 saturated carbocycles. The van der Waals surface area contributed by atoms with Crippen molar-refractivity contribution in [2.24, 2.45) is 0 Å². The zero-order valence-electron chi connectivity index (χ0n) is 31.2. The summed E-state index contributed by atoms with van der Waals surface area (Å²) in [6.45, 7) is 1.35. The van der Waals surface area contributed by atoms with Crippen molar-refractivity contribution in [2.45, 2.75) is 6.92 Å². The summed E-state index contributed by atoms with van der Waals surface area (Å²) in [5.74, 6) is -19.1. The second-order valence-corrected chi connectivity index (χ2v) is 12.8. The topological polar surface area (TPSA) is 334 Å². The SMILES string of the molecule is Cc1c(O)cc(C(=O)Oc2cc(C(=O)Oc3cc(C(=O)Oc4cc(C(=O)Oc5cc(C(=O)Oc6ccccc6)cc(O)c5O)cc(O)c4O)cc(O)c3O)cc(O)c2O)cc1O. The van der Waals surface area contributed by atoms with Crippen LogP contribution in [0.2, 0.25) is 0 Å². The largest absolute Gasteiger partial charge is 0.508 e.